The van der Waals surface area contributed by atoms with E-state index in [1.165, 1.54) is 0 Å². The van der Waals surface area contributed by atoms with Crippen molar-refractivity contribution >= 4 is 16.2 Å². The van der Waals surface area contributed by atoms with E-state index in [0.29, 0.717) is 6.54 Å². The van der Waals surface area contributed by atoms with E-state index in [4.69, 9.17) is 5.11 Å². The maximum Gasteiger partial charge on any atom is 0.318 e. The molecule has 0 unspecified atom stereocenters. The van der Waals surface area contributed by atoms with Gasteiger partial charge in [0.05, 0.1) is 0 Å². The van der Waals surface area contributed by atoms with Crippen molar-refractivity contribution in [3.8, 4) is 0 Å². The van der Waals surface area contributed by atoms with Gasteiger partial charge in [0.2, 0.25) is 0 Å². The summed E-state index contributed by atoms with van der Waals surface area (Å²) in [5.41, 5.74) is 0. The van der Waals surface area contributed by atoms with Crippen LogP contribution in [0, 0.1) is 5.92 Å². The zero-order valence-corrected chi connectivity index (χ0v) is 10.9. The smallest absolute Gasteiger partial charge is 0.318 e. The largest absolute Gasteiger partial charge is 0.480 e. The van der Waals surface area contributed by atoms with Crippen LogP contribution in [0.15, 0.2) is 0 Å². The first-order valence-corrected chi connectivity index (χ1v) is 6.59. The molecule has 7 heteroatoms. The molecule has 0 amide bonds. The molecule has 0 spiro atoms. The summed E-state index contributed by atoms with van der Waals surface area (Å²) in [5.74, 6) is -0.989. The predicted molar refractivity (Wildman–Crippen MR) is 61.2 cm³/mol. The Morgan fingerprint density at radius 1 is 1.31 bits per heavy atom. The first kappa shape index (κ1) is 15.3. The Labute approximate surface area is 96.8 Å². The van der Waals surface area contributed by atoms with Crippen molar-refractivity contribution in [2.75, 3.05) is 13.1 Å². The Bertz CT molecular complexity index is 324. The fraction of sp³-hybridized carbons (Fsp3) is 0.889. The Kier molecular flexibility index (Phi) is 5.91. The van der Waals surface area contributed by atoms with Crippen molar-refractivity contribution in [3.05, 3.63) is 0 Å². The average molecular weight is 252 g/mol. The molecule has 0 fully saturated rings. The number of rotatable bonds is 7. The topological polar surface area (TPSA) is 86.7 Å². The minimum absolute atomic E-state index is 0.175. The number of nitrogens with one attached hydrogen (secondary N) is 1. The molecular weight excluding hydrogens is 232 g/mol. The number of aliphatic carboxylic acids is 1. The maximum atomic E-state index is 11.8. The zero-order valence-electron chi connectivity index (χ0n) is 10.1. The second-order valence-corrected chi connectivity index (χ2v) is 5.99. The summed E-state index contributed by atoms with van der Waals surface area (Å²) in [6.07, 6.45) is 0. The van der Waals surface area contributed by atoms with Crippen LogP contribution in [0.25, 0.3) is 0 Å². The normalized spacial score (nSPS) is 12.7. The van der Waals surface area contributed by atoms with E-state index >= 15 is 0 Å². The van der Waals surface area contributed by atoms with Gasteiger partial charge in [-0.3, -0.25) is 4.79 Å². The molecule has 0 aromatic heterocycles. The Morgan fingerprint density at radius 2 is 1.81 bits per heavy atom. The molecule has 96 valence electrons. The van der Waals surface area contributed by atoms with E-state index in [1.54, 1.807) is 13.8 Å². The van der Waals surface area contributed by atoms with Gasteiger partial charge in [0, 0.05) is 12.6 Å². The number of carbonyl (C=O) groups is 1. The van der Waals surface area contributed by atoms with E-state index in [2.05, 4.69) is 4.72 Å². The van der Waals surface area contributed by atoms with Gasteiger partial charge in [0.1, 0.15) is 6.54 Å². The van der Waals surface area contributed by atoms with Crippen LogP contribution in [0.1, 0.15) is 27.7 Å². The third kappa shape index (κ3) is 5.43. The van der Waals surface area contributed by atoms with Crippen molar-refractivity contribution in [2.45, 2.75) is 33.7 Å². The average Bonchev–Trinajstić information content (AvgIpc) is 2.10. The lowest BCUT2D eigenvalue weighted by atomic mass is 10.2. The molecule has 0 heterocycles. The molecule has 6 nitrogen and oxygen atoms in total. The highest BCUT2D eigenvalue weighted by Crippen LogP contribution is 2.05. The minimum atomic E-state index is -3.71. The molecule has 0 aliphatic rings. The number of carboxylic acids is 1. The van der Waals surface area contributed by atoms with Crippen LogP contribution in [0.2, 0.25) is 0 Å². The van der Waals surface area contributed by atoms with Gasteiger partial charge in [-0.15, -0.1) is 0 Å². The zero-order chi connectivity index (χ0) is 12.9. The predicted octanol–water partition coefficient (Wildman–Crippen LogP) is 0.272. The van der Waals surface area contributed by atoms with Gasteiger partial charge in [0.25, 0.3) is 10.2 Å². The summed E-state index contributed by atoms with van der Waals surface area (Å²) in [6, 6.07) is -0.388. The Morgan fingerprint density at radius 3 is 2.12 bits per heavy atom. The Hall–Kier alpha value is -0.660. The maximum absolute atomic E-state index is 11.8. The van der Waals surface area contributed by atoms with Gasteiger partial charge >= 0.3 is 5.97 Å². The van der Waals surface area contributed by atoms with Crippen molar-refractivity contribution in [1.29, 1.82) is 0 Å². The molecule has 16 heavy (non-hydrogen) atoms. The fourth-order valence-electron chi connectivity index (χ4n) is 1.03. The van der Waals surface area contributed by atoms with Crippen molar-refractivity contribution in [3.63, 3.8) is 0 Å². The second kappa shape index (κ2) is 6.17. The molecule has 0 aliphatic carbocycles. The van der Waals surface area contributed by atoms with Crippen molar-refractivity contribution in [2.24, 2.45) is 5.92 Å². The van der Waals surface area contributed by atoms with Crippen LogP contribution < -0.4 is 4.72 Å². The quantitative estimate of drug-likeness (QED) is 0.681. The molecule has 0 atom stereocenters. The standard InChI is InChI=1S/C9H20N2O4S/c1-7(2)5-10-16(14,15)11(8(3)4)6-9(12)13/h7-8,10H,5-6H2,1-4H3,(H,12,13). The number of hydrogen-bond donors (Lipinski definition) is 2. The molecule has 2 N–H and O–H groups in total. The van der Waals surface area contributed by atoms with Crippen LogP contribution in [0.3, 0.4) is 0 Å². The lowest BCUT2D eigenvalue weighted by Crippen LogP contribution is -2.47. The van der Waals surface area contributed by atoms with Gasteiger partial charge in [-0.25, -0.2) is 4.72 Å². The highest BCUT2D eigenvalue weighted by atomic mass is 32.2. The van der Waals surface area contributed by atoms with E-state index in [-0.39, 0.29) is 12.0 Å². The number of hydrogen-bond acceptors (Lipinski definition) is 3. The van der Waals surface area contributed by atoms with Crippen molar-refractivity contribution < 1.29 is 18.3 Å². The second-order valence-electron chi connectivity index (χ2n) is 4.28. The number of carboxylic acid groups (broad SMARTS) is 1. The lowest BCUT2D eigenvalue weighted by Gasteiger charge is -2.24. The molecule has 0 saturated heterocycles. The van der Waals surface area contributed by atoms with Crippen LogP contribution in [0.4, 0.5) is 0 Å². The summed E-state index contributed by atoms with van der Waals surface area (Å²) in [5, 5.41) is 8.64. The van der Waals surface area contributed by atoms with E-state index < -0.39 is 22.7 Å². The molecule has 0 saturated carbocycles. The SMILES string of the molecule is CC(C)CNS(=O)(=O)N(CC(=O)O)C(C)C. The molecule has 0 aromatic carbocycles. The first-order valence-electron chi connectivity index (χ1n) is 5.15. The molecular formula is C9H20N2O4S. The molecule has 0 bridgehead atoms. The lowest BCUT2D eigenvalue weighted by molar-refractivity contribution is -0.137. The van der Waals surface area contributed by atoms with Crippen LogP contribution in [0.5, 0.6) is 0 Å². The monoisotopic (exact) mass is 252 g/mol. The Balaban J connectivity index is 4.70. The third-order valence-corrected chi connectivity index (χ3v) is 3.55. The van der Waals surface area contributed by atoms with Crippen LogP contribution in [-0.4, -0.2) is 42.9 Å². The molecule has 0 aromatic rings. The van der Waals surface area contributed by atoms with Gasteiger partial charge in [0.15, 0.2) is 0 Å². The van der Waals surface area contributed by atoms with Crippen LogP contribution in [-0.2, 0) is 15.0 Å². The van der Waals surface area contributed by atoms with E-state index in [1.807, 2.05) is 13.8 Å². The van der Waals surface area contributed by atoms with Gasteiger partial charge < -0.3 is 5.11 Å². The van der Waals surface area contributed by atoms with Gasteiger partial charge in [-0.05, 0) is 19.8 Å². The van der Waals surface area contributed by atoms with E-state index in [9.17, 15) is 13.2 Å². The highest BCUT2D eigenvalue weighted by Gasteiger charge is 2.26. The summed E-state index contributed by atoms with van der Waals surface area (Å²) in [6.45, 7) is 6.80. The summed E-state index contributed by atoms with van der Waals surface area (Å²) in [7, 11) is -3.71. The number of nitrogens with zero attached hydrogens (tertiary/aromatic N) is 1. The van der Waals surface area contributed by atoms with Gasteiger partial charge in [-0.1, -0.05) is 13.8 Å². The summed E-state index contributed by atoms with van der Waals surface area (Å²) < 4.78 is 26.8. The third-order valence-electron chi connectivity index (χ3n) is 1.85. The molecule has 0 radical (unpaired) electrons. The molecule has 0 aliphatic heterocycles. The van der Waals surface area contributed by atoms with Crippen molar-refractivity contribution in [1.82, 2.24) is 9.03 Å². The summed E-state index contributed by atoms with van der Waals surface area (Å²) >= 11 is 0. The van der Waals surface area contributed by atoms with Gasteiger partial charge in [-0.2, -0.15) is 12.7 Å². The van der Waals surface area contributed by atoms with E-state index in [0.717, 1.165) is 4.31 Å². The minimum Gasteiger partial charge on any atom is -0.480 e. The first-order chi connectivity index (χ1) is 7.16. The fourth-order valence-corrected chi connectivity index (χ4v) is 2.58. The highest BCUT2D eigenvalue weighted by molar-refractivity contribution is 7.87. The molecule has 0 rings (SSSR count). The van der Waals surface area contributed by atoms with Crippen LogP contribution >= 0.6 is 0 Å². The summed E-state index contributed by atoms with van der Waals surface area (Å²) in [4.78, 5) is 10.6.